The van der Waals surface area contributed by atoms with Gasteiger partial charge in [-0.05, 0) is 73.9 Å². The van der Waals surface area contributed by atoms with Gasteiger partial charge in [-0.1, -0.05) is 49.7 Å². The molecule has 0 aromatic heterocycles. The zero-order chi connectivity index (χ0) is 27.4. The molecule has 4 rings (SSSR count). The highest BCUT2D eigenvalue weighted by Crippen LogP contribution is 2.43. The Hall–Kier alpha value is -3.77. The van der Waals surface area contributed by atoms with Crippen LogP contribution in [0.15, 0.2) is 78.4 Å². The van der Waals surface area contributed by atoms with Crippen LogP contribution >= 0.6 is 11.6 Å². The first-order valence-corrected chi connectivity index (χ1v) is 13.3. The fraction of sp³-hybridized carbons (Fsp3) is 0.290. The fourth-order valence-electron chi connectivity index (χ4n) is 4.62. The molecule has 1 saturated heterocycles. The number of nitrogens with zero attached hydrogens (tertiary/aromatic N) is 2. The molecule has 0 radical (unpaired) electrons. The quantitative estimate of drug-likeness (QED) is 0.185. The van der Waals surface area contributed by atoms with Crippen molar-refractivity contribution in [1.82, 2.24) is 0 Å². The molecule has 198 valence electrons. The Morgan fingerprint density at radius 3 is 2.26 bits per heavy atom. The van der Waals surface area contributed by atoms with Gasteiger partial charge in [-0.15, -0.1) is 0 Å². The van der Waals surface area contributed by atoms with Crippen LogP contribution in [0.1, 0.15) is 44.9 Å². The number of rotatable bonds is 9. The molecule has 1 aliphatic rings. The van der Waals surface area contributed by atoms with Gasteiger partial charge in [-0.25, -0.2) is 0 Å². The van der Waals surface area contributed by atoms with Crippen LogP contribution < -0.4 is 14.5 Å². The van der Waals surface area contributed by atoms with Crippen molar-refractivity contribution in [3.63, 3.8) is 0 Å². The van der Waals surface area contributed by atoms with Crippen molar-refractivity contribution in [1.29, 1.82) is 0 Å². The number of halogens is 1. The van der Waals surface area contributed by atoms with E-state index in [1.165, 1.54) is 4.90 Å². The molecule has 7 heteroatoms. The lowest BCUT2D eigenvalue weighted by molar-refractivity contribution is -0.132. The van der Waals surface area contributed by atoms with Gasteiger partial charge in [0.05, 0.1) is 18.2 Å². The summed E-state index contributed by atoms with van der Waals surface area (Å²) in [5.74, 6) is -0.790. The summed E-state index contributed by atoms with van der Waals surface area (Å²) in [4.78, 5) is 30.5. The van der Waals surface area contributed by atoms with Gasteiger partial charge < -0.3 is 14.7 Å². The summed E-state index contributed by atoms with van der Waals surface area (Å²) >= 11 is 6.09. The molecule has 3 aromatic carbocycles. The van der Waals surface area contributed by atoms with E-state index in [9.17, 15) is 14.7 Å². The van der Waals surface area contributed by atoms with Gasteiger partial charge in [0.2, 0.25) is 0 Å². The van der Waals surface area contributed by atoms with E-state index in [-0.39, 0.29) is 11.3 Å². The molecule has 0 spiro atoms. The molecule has 1 aliphatic heterocycles. The number of Topliss-reactive ketones (excluding diaryl/α,β-unsaturated/α-hetero) is 1. The number of ether oxygens (including phenoxy) is 1. The van der Waals surface area contributed by atoms with Crippen LogP contribution in [0.5, 0.6) is 5.75 Å². The predicted octanol–water partition coefficient (Wildman–Crippen LogP) is 6.85. The van der Waals surface area contributed by atoms with E-state index in [4.69, 9.17) is 16.3 Å². The minimum Gasteiger partial charge on any atom is -0.507 e. The molecule has 1 amide bonds. The van der Waals surface area contributed by atoms with Gasteiger partial charge in [0.25, 0.3) is 11.7 Å². The van der Waals surface area contributed by atoms with Gasteiger partial charge in [0.1, 0.15) is 11.5 Å². The first kappa shape index (κ1) is 27.3. The number of aliphatic hydroxyl groups is 1. The number of anilines is 2. The summed E-state index contributed by atoms with van der Waals surface area (Å²) in [6.45, 7) is 10.5. The van der Waals surface area contributed by atoms with Crippen molar-refractivity contribution in [3.8, 4) is 5.75 Å². The van der Waals surface area contributed by atoms with Gasteiger partial charge in [0.15, 0.2) is 0 Å². The maximum absolute atomic E-state index is 13.4. The van der Waals surface area contributed by atoms with Crippen LogP contribution in [0.3, 0.4) is 0 Å². The van der Waals surface area contributed by atoms with Crippen molar-refractivity contribution in [3.05, 3.63) is 94.5 Å². The van der Waals surface area contributed by atoms with Gasteiger partial charge >= 0.3 is 0 Å². The monoisotopic (exact) mass is 532 g/mol. The highest BCUT2D eigenvalue weighted by molar-refractivity contribution is 6.51. The molecule has 0 saturated carbocycles. The van der Waals surface area contributed by atoms with E-state index in [2.05, 4.69) is 18.7 Å². The Labute approximate surface area is 229 Å². The largest absolute Gasteiger partial charge is 0.507 e. The Bertz CT molecular complexity index is 1330. The maximum Gasteiger partial charge on any atom is 0.300 e. The second kappa shape index (κ2) is 11.7. The zero-order valence-corrected chi connectivity index (χ0v) is 22.9. The van der Waals surface area contributed by atoms with E-state index >= 15 is 0 Å². The predicted molar refractivity (Wildman–Crippen MR) is 153 cm³/mol. The smallest absolute Gasteiger partial charge is 0.300 e. The SMILES string of the molecule is CCN(CC)c1ccc(C2/C(=C(/O)c3cccc(OCC(C)C)c3)C(=O)C(=O)N2c2ccc(Cl)cc2)cc1. The van der Waals surface area contributed by atoms with Crippen molar-refractivity contribution >= 4 is 40.4 Å². The summed E-state index contributed by atoms with van der Waals surface area (Å²) in [7, 11) is 0. The maximum atomic E-state index is 13.4. The van der Waals surface area contributed by atoms with Gasteiger partial charge in [-0.3, -0.25) is 14.5 Å². The number of aliphatic hydroxyl groups excluding tert-OH is 1. The first-order chi connectivity index (χ1) is 18.2. The Kier molecular flexibility index (Phi) is 8.42. The molecule has 1 unspecified atom stereocenters. The lowest BCUT2D eigenvalue weighted by Gasteiger charge is -2.27. The number of benzene rings is 3. The topological polar surface area (TPSA) is 70.1 Å². The number of hydrogen-bond donors (Lipinski definition) is 1. The number of carbonyl (C=O) groups is 2. The van der Waals surface area contributed by atoms with Crippen LogP contribution in [-0.2, 0) is 9.59 Å². The highest BCUT2D eigenvalue weighted by Gasteiger charge is 2.47. The number of hydrogen-bond acceptors (Lipinski definition) is 5. The average molecular weight is 533 g/mol. The molecular formula is C31H33ClN2O4. The zero-order valence-electron chi connectivity index (χ0n) is 22.1. The second-order valence-corrected chi connectivity index (χ2v) is 10.1. The molecule has 6 nitrogen and oxygen atoms in total. The third-order valence-electron chi connectivity index (χ3n) is 6.58. The second-order valence-electron chi connectivity index (χ2n) is 9.64. The lowest BCUT2D eigenvalue weighted by Crippen LogP contribution is -2.29. The van der Waals surface area contributed by atoms with E-state index in [1.54, 1.807) is 48.5 Å². The Morgan fingerprint density at radius 1 is 1.00 bits per heavy atom. The number of ketones is 1. The van der Waals surface area contributed by atoms with E-state index < -0.39 is 17.7 Å². The van der Waals surface area contributed by atoms with E-state index in [1.807, 2.05) is 38.1 Å². The van der Waals surface area contributed by atoms with Crippen LogP contribution in [0.4, 0.5) is 11.4 Å². The van der Waals surface area contributed by atoms with Crippen molar-refractivity contribution in [2.24, 2.45) is 5.92 Å². The number of amides is 1. The standard InChI is InChI=1S/C31H33ClN2O4/c1-5-33(6-2)24-14-10-21(11-15-24)28-27(29(35)22-8-7-9-26(18-22)38-19-20(3)4)30(36)31(37)34(28)25-16-12-23(32)13-17-25/h7-18,20,28,35H,5-6,19H2,1-4H3/b29-27-. The van der Waals surface area contributed by atoms with Crippen LogP contribution in [0, 0.1) is 5.92 Å². The fourth-order valence-corrected chi connectivity index (χ4v) is 4.75. The molecule has 3 aromatic rings. The van der Waals surface area contributed by atoms with Crippen LogP contribution in [-0.4, -0.2) is 36.5 Å². The minimum absolute atomic E-state index is 0.0292. The molecule has 0 bridgehead atoms. The van der Waals surface area contributed by atoms with Crippen LogP contribution in [0.25, 0.3) is 5.76 Å². The first-order valence-electron chi connectivity index (χ1n) is 12.9. The van der Waals surface area contributed by atoms with E-state index in [0.717, 1.165) is 18.8 Å². The lowest BCUT2D eigenvalue weighted by atomic mass is 9.94. The summed E-state index contributed by atoms with van der Waals surface area (Å²) < 4.78 is 5.83. The third kappa shape index (κ3) is 5.55. The summed E-state index contributed by atoms with van der Waals surface area (Å²) in [6, 6.07) is 20.6. The molecular weight excluding hydrogens is 500 g/mol. The average Bonchev–Trinajstić information content (AvgIpc) is 3.19. The Morgan fingerprint density at radius 2 is 1.66 bits per heavy atom. The van der Waals surface area contributed by atoms with Gasteiger partial charge in [-0.2, -0.15) is 0 Å². The van der Waals surface area contributed by atoms with Gasteiger partial charge in [0, 0.05) is 35.1 Å². The van der Waals surface area contributed by atoms with Crippen molar-refractivity contribution in [2.45, 2.75) is 33.7 Å². The van der Waals surface area contributed by atoms with Crippen molar-refractivity contribution in [2.75, 3.05) is 29.5 Å². The Balaban J connectivity index is 1.84. The molecule has 0 aliphatic carbocycles. The van der Waals surface area contributed by atoms with Crippen molar-refractivity contribution < 1.29 is 19.4 Å². The summed E-state index contributed by atoms with van der Waals surface area (Å²) in [5.41, 5.74) is 2.70. The summed E-state index contributed by atoms with van der Waals surface area (Å²) in [5, 5.41) is 12.0. The third-order valence-corrected chi connectivity index (χ3v) is 6.83. The molecule has 1 heterocycles. The van der Waals surface area contributed by atoms with E-state index in [0.29, 0.717) is 40.1 Å². The molecule has 1 atom stereocenters. The molecule has 1 fully saturated rings. The van der Waals surface area contributed by atoms with Crippen LogP contribution in [0.2, 0.25) is 5.02 Å². The number of carbonyl (C=O) groups excluding carboxylic acids is 2. The normalized spacial score (nSPS) is 16.8. The molecule has 1 N–H and O–H groups in total. The highest BCUT2D eigenvalue weighted by atomic mass is 35.5. The molecule has 38 heavy (non-hydrogen) atoms. The summed E-state index contributed by atoms with van der Waals surface area (Å²) in [6.07, 6.45) is 0. The minimum atomic E-state index is -0.817.